The van der Waals surface area contributed by atoms with E-state index in [0.717, 1.165) is 32.4 Å². The first-order valence-corrected chi connectivity index (χ1v) is 7.91. The lowest BCUT2D eigenvalue weighted by Gasteiger charge is -2.34. The molecule has 1 aliphatic rings. The standard InChI is InChI=1S/C16H25N3O4/c1-22-14-7-6-13(16(18-14)23-2)15(21)17-8-10-19-9-4-3-5-12(19)11-20/h6-7,12,20H,3-5,8-11H2,1-2H3,(H,17,21). The van der Waals surface area contributed by atoms with E-state index in [2.05, 4.69) is 15.2 Å². The topological polar surface area (TPSA) is 83.9 Å². The number of methoxy groups -OCH3 is 2. The number of rotatable bonds is 7. The van der Waals surface area contributed by atoms with Gasteiger partial charge in [0.05, 0.1) is 20.8 Å². The summed E-state index contributed by atoms with van der Waals surface area (Å²) >= 11 is 0. The number of hydrogen-bond acceptors (Lipinski definition) is 6. The maximum atomic E-state index is 12.3. The molecule has 1 atom stereocenters. The van der Waals surface area contributed by atoms with Crippen LogP contribution in [0.2, 0.25) is 0 Å². The maximum absolute atomic E-state index is 12.3. The molecule has 2 rings (SSSR count). The molecule has 0 radical (unpaired) electrons. The number of amides is 1. The largest absolute Gasteiger partial charge is 0.481 e. The van der Waals surface area contributed by atoms with Crippen LogP contribution in [-0.4, -0.2) is 67.4 Å². The van der Waals surface area contributed by atoms with Crippen LogP contribution in [0.25, 0.3) is 0 Å². The Bertz CT molecular complexity index is 524. The van der Waals surface area contributed by atoms with E-state index in [1.54, 1.807) is 12.1 Å². The van der Waals surface area contributed by atoms with Crippen molar-refractivity contribution in [2.24, 2.45) is 0 Å². The second kappa shape index (κ2) is 8.69. The fraction of sp³-hybridized carbons (Fsp3) is 0.625. The van der Waals surface area contributed by atoms with Crippen LogP contribution in [0.3, 0.4) is 0 Å². The summed E-state index contributed by atoms with van der Waals surface area (Å²) in [5, 5.41) is 12.3. The predicted octanol–water partition coefficient (Wildman–Crippen LogP) is 0.675. The summed E-state index contributed by atoms with van der Waals surface area (Å²) < 4.78 is 10.2. The van der Waals surface area contributed by atoms with Gasteiger partial charge >= 0.3 is 0 Å². The third-order valence-electron chi connectivity index (χ3n) is 4.13. The van der Waals surface area contributed by atoms with Crippen molar-refractivity contribution in [3.8, 4) is 11.8 Å². The molecule has 1 fully saturated rings. The van der Waals surface area contributed by atoms with Gasteiger partial charge < -0.3 is 19.9 Å². The summed E-state index contributed by atoms with van der Waals surface area (Å²) in [4.78, 5) is 18.6. The van der Waals surface area contributed by atoms with Crippen molar-refractivity contribution in [2.45, 2.75) is 25.3 Å². The molecule has 1 aromatic rings. The van der Waals surface area contributed by atoms with Gasteiger partial charge in [0.1, 0.15) is 5.56 Å². The lowest BCUT2D eigenvalue weighted by molar-refractivity contribution is 0.0847. The van der Waals surface area contributed by atoms with Crippen LogP contribution in [-0.2, 0) is 0 Å². The molecule has 0 spiro atoms. The van der Waals surface area contributed by atoms with Crippen molar-refractivity contribution in [1.29, 1.82) is 0 Å². The molecule has 1 unspecified atom stereocenters. The van der Waals surface area contributed by atoms with Crippen LogP contribution in [0.1, 0.15) is 29.6 Å². The molecule has 0 aromatic carbocycles. The summed E-state index contributed by atoms with van der Waals surface area (Å²) in [5.41, 5.74) is 0.380. The van der Waals surface area contributed by atoms with E-state index in [1.165, 1.54) is 14.2 Å². The molecule has 1 amide bonds. The normalized spacial score (nSPS) is 18.5. The van der Waals surface area contributed by atoms with E-state index in [-0.39, 0.29) is 24.4 Å². The molecule has 0 saturated carbocycles. The minimum atomic E-state index is -0.227. The number of aromatic nitrogens is 1. The Morgan fingerprint density at radius 2 is 2.22 bits per heavy atom. The van der Waals surface area contributed by atoms with E-state index in [0.29, 0.717) is 18.0 Å². The highest BCUT2D eigenvalue weighted by molar-refractivity contribution is 5.96. The van der Waals surface area contributed by atoms with E-state index in [1.807, 2.05) is 0 Å². The van der Waals surface area contributed by atoms with Gasteiger partial charge in [-0.25, -0.2) is 0 Å². The molecule has 23 heavy (non-hydrogen) atoms. The Hall–Kier alpha value is -1.86. The summed E-state index contributed by atoms with van der Waals surface area (Å²) in [7, 11) is 2.98. The number of likely N-dealkylation sites (tertiary alicyclic amines) is 1. The summed E-state index contributed by atoms with van der Waals surface area (Å²) in [6.07, 6.45) is 3.31. The lowest BCUT2D eigenvalue weighted by atomic mass is 10.0. The molecule has 1 saturated heterocycles. The second-order valence-electron chi connectivity index (χ2n) is 5.53. The Balaban J connectivity index is 1.89. The SMILES string of the molecule is COc1ccc(C(=O)NCCN2CCCCC2CO)c(OC)n1. The van der Waals surface area contributed by atoms with Crippen molar-refractivity contribution in [1.82, 2.24) is 15.2 Å². The highest BCUT2D eigenvalue weighted by Gasteiger charge is 2.21. The predicted molar refractivity (Wildman–Crippen MR) is 86.0 cm³/mol. The fourth-order valence-electron chi connectivity index (χ4n) is 2.83. The van der Waals surface area contributed by atoms with E-state index < -0.39 is 0 Å². The minimum absolute atomic E-state index is 0.171. The molecule has 7 heteroatoms. The Morgan fingerprint density at radius 3 is 2.91 bits per heavy atom. The van der Waals surface area contributed by atoms with Crippen LogP contribution in [0.5, 0.6) is 11.8 Å². The highest BCUT2D eigenvalue weighted by Crippen LogP contribution is 2.19. The fourth-order valence-corrected chi connectivity index (χ4v) is 2.83. The number of nitrogens with one attached hydrogen (secondary N) is 1. The van der Waals surface area contributed by atoms with Crippen molar-refractivity contribution in [3.05, 3.63) is 17.7 Å². The molecular weight excluding hydrogens is 298 g/mol. The van der Waals surface area contributed by atoms with Crippen molar-refractivity contribution >= 4 is 5.91 Å². The van der Waals surface area contributed by atoms with Crippen LogP contribution >= 0.6 is 0 Å². The molecule has 2 heterocycles. The molecule has 0 aliphatic carbocycles. The van der Waals surface area contributed by atoms with Gasteiger partial charge in [-0.2, -0.15) is 4.98 Å². The first-order chi connectivity index (χ1) is 11.2. The summed E-state index contributed by atoms with van der Waals surface area (Å²) in [6.45, 7) is 2.38. The zero-order chi connectivity index (χ0) is 16.7. The first-order valence-electron chi connectivity index (χ1n) is 7.91. The average molecular weight is 323 g/mol. The van der Waals surface area contributed by atoms with Gasteiger partial charge in [0.15, 0.2) is 0 Å². The van der Waals surface area contributed by atoms with E-state index >= 15 is 0 Å². The average Bonchev–Trinajstić information content (AvgIpc) is 2.61. The van der Waals surface area contributed by atoms with Crippen LogP contribution in [0.4, 0.5) is 0 Å². The number of nitrogens with zero attached hydrogens (tertiary/aromatic N) is 2. The van der Waals surface area contributed by atoms with Crippen molar-refractivity contribution < 1.29 is 19.4 Å². The molecule has 1 aromatic heterocycles. The number of carbonyl (C=O) groups is 1. The monoisotopic (exact) mass is 323 g/mol. The highest BCUT2D eigenvalue weighted by atomic mass is 16.5. The Morgan fingerprint density at radius 1 is 1.39 bits per heavy atom. The molecule has 1 aliphatic heterocycles. The number of carbonyl (C=O) groups excluding carboxylic acids is 1. The Kier molecular flexibility index (Phi) is 6.61. The van der Waals surface area contributed by atoms with Gasteiger partial charge in [0.2, 0.25) is 11.8 Å². The van der Waals surface area contributed by atoms with Crippen LogP contribution in [0.15, 0.2) is 12.1 Å². The summed E-state index contributed by atoms with van der Waals surface area (Å²) in [6, 6.07) is 3.47. The molecule has 128 valence electrons. The van der Waals surface area contributed by atoms with E-state index in [9.17, 15) is 9.90 Å². The smallest absolute Gasteiger partial charge is 0.256 e. The second-order valence-corrected chi connectivity index (χ2v) is 5.53. The number of piperidine rings is 1. The Labute approximate surface area is 136 Å². The van der Waals surface area contributed by atoms with Crippen LogP contribution < -0.4 is 14.8 Å². The molecule has 2 N–H and O–H groups in total. The van der Waals surface area contributed by atoms with Gasteiger partial charge in [-0.15, -0.1) is 0 Å². The number of aliphatic hydroxyl groups excluding tert-OH is 1. The van der Waals surface area contributed by atoms with E-state index in [4.69, 9.17) is 9.47 Å². The quantitative estimate of drug-likeness (QED) is 0.767. The first kappa shape index (κ1) is 17.5. The number of hydrogen-bond donors (Lipinski definition) is 2. The lowest BCUT2D eigenvalue weighted by Crippen LogP contribution is -2.45. The summed E-state index contributed by atoms with van der Waals surface area (Å²) in [5.74, 6) is 0.417. The maximum Gasteiger partial charge on any atom is 0.256 e. The molecular formula is C16H25N3O4. The number of aliphatic hydroxyl groups is 1. The third-order valence-corrected chi connectivity index (χ3v) is 4.13. The molecule has 7 nitrogen and oxygen atoms in total. The van der Waals surface area contributed by atoms with Gasteiger partial charge in [-0.1, -0.05) is 6.42 Å². The zero-order valence-electron chi connectivity index (χ0n) is 13.7. The van der Waals surface area contributed by atoms with Crippen LogP contribution in [0, 0.1) is 0 Å². The van der Waals surface area contributed by atoms with Gasteiger partial charge in [-0.05, 0) is 25.5 Å². The number of ether oxygens (including phenoxy) is 2. The zero-order valence-corrected chi connectivity index (χ0v) is 13.7. The van der Waals surface area contributed by atoms with Gasteiger partial charge in [0, 0.05) is 25.2 Å². The van der Waals surface area contributed by atoms with Gasteiger partial charge in [-0.3, -0.25) is 9.69 Å². The van der Waals surface area contributed by atoms with Gasteiger partial charge in [0.25, 0.3) is 5.91 Å². The molecule has 0 bridgehead atoms. The third kappa shape index (κ3) is 4.56. The van der Waals surface area contributed by atoms with Crippen molar-refractivity contribution in [2.75, 3.05) is 40.5 Å². The number of pyridine rings is 1. The van der Waals surface area contributed by atoms with Crippen molar-refractivity contribution in [3.63, 3.8) is 0 Å². The minimum Gasteiger partial charge on any atom is -0.481 e.